The Morgan fingerprint density at radius 2 is 2.00 bits per heavy atom. The summed E-state index contributed by atoms with van der Waals surface area (Å²) in [5.74, 6) is 0.943. The van der Waals surface area contributed by atoms with Gasteiger partial charge in [0.25, 0.3) is 0 Å². The van der Waals surface area contributed by atoms with Crippen molar-refractivity contribution in [3.05, 3.63) is 29.8 Å². The summed E-state index contributed by atoms with van der Waals surface area (Å²) < 4.78 is 40.3. The lowest BCUT2D eigenvalue weighted by molar-refractivity contribution is 0.0402. The number of aliphatic hydroxyl groups excluding tert-OH is 1. The number of nitrogens with zero attached hydrogens (tertiary/aromatic N) is 2. The first-order valence-corrected chi connectivity index (χ1v) is 13.0. The summed E-state index contributed by atoms with van der Waals surface area (Å²) in [5, 5.41) is 9.76. The van der Waals surface area contributed by atoms with E-state index >= 15 is 0 Å². The standard InChI is InChI=1S/C24H38N2O5S/c1-5-6-20-7-8-24-22(13-20)31-23(16-25(4)15-21-9-11-30-12-10-21)18(2)14-26(19(3)17-27)32(24,28)29/h5-8,13,18-19,21,23,27H,9-12,14-17H2,1-4H3/t18-,19+,23-/m1/s1. The van der Waals surface area contributed by atoms with E-state index in [0.29, 0.717) is 24.8 Å². The predicted molar refractivity (Wildman–Crippen MR) is 126 cm³/mol. The Labute approximate surface area is 193 Å². The molecule has 0 amide bonds. The molecule has 0 aliphatic carbocycles. The summed E-state index contributed by atoms with van der Waals surface area (Å²) in [4.78, 5) is 2.46. The number of hydrogen-bond donors (Lipinski definition) is 1. The smallest absolute Gasteiger partial charge is 0.247 e. The van der Waals surface area contributed by atoms with Gasteiger partial charge in [-0.25, -0.2) is 8.42 Å². The summed E-state index contributed by atoms with van der Waals surface area (Å²) in [6.45, 7) is 9.08. The average Bonchev–Trinajstić information content (AvgIpc) is 2.76. The van der Waals surface area contributed by atoms with Crippen LogP contribution in [0.2, 0.25) is 0 Å². The van der Waals surface area contributed by atoms with Crippen LogP contribution in [0, 0.1) is 11.8 Å². The Kier molecular flexibility index (Phi) is 8.75. The lowest BCUT2D eigenvalue weighted by Crippen LogP contribution is -2.50. The Balaban J connectivity index is 1.91. The first-order valence-electron chi connectivity index (χ1n) is 11.6. The van der Waals surface area contributed by atoms with Gasteiger partial charge in [0.05, 0.1) is 6.61 Å². The number of hydrogen-bond acceptors (Lipinski definition) is 6. The molecule has 0 radical (unpaired) electrons. The number of aliphatic hydroxyl groups is 1. The van der Waals surface area contributed by atoms with Crippen LogP contribution in [0.5, 0.6) is 5.75 Å². The summed E-state index contributed by atoms with van der Waals surface area (Å²) >= 11 is 0. The average molecular weight is 467 g/mol. The fourth-order valence-electron chi connectivity index (χ4n) is 4.51. The normalized spacial score (nSPS) is 25.8. The van der Waals surface area contributed by atoms with Crippen molar-refractivity contribution in [1.82, 2.24) is 9.21 Å². The molecule has 3 rings (SSSR count). The van der Waals surface area contributed by atoms with Crippen molar-refractivity contribution in [3.8, 4) is 5.75 Å². The van der Waals surface area contributed by atoms with Gasteiger partial charge in [-0.1, -0.05) is 25.1 Å². The minimum atomic E-state index is -3.80. The number of ether oxygens (including phenoxy) is 2. The van der Waals surface area contributed by atoms with Crippen molar-refractivity contribution in [2.24, 2.45) is 11.8 Å². The molecule has 1 saturated heterocycles. The maximum absolute atomic E-state index is 13.5. The molecule has 0 saturated carbocycles. The molecule has 180 valence electrons. The molecule has 1 aromatic rings. The van der Waals surface area contributed by atoms with Gasteiger partial charge in [0.15, 0.2) is 0 Å². The van der Waals surface area contributed by atoms with E-state index in [9.17, 15) is 13.5 Å². The topological polar surface area (TPSA) is 79.3 Å². The van der Waals surface area contributed by atoms with Gasteiger partial charge in [-0.05, 0) is 57.4 Å². The molecule has 1 fully saturated rings. The number of fused-ring (bicyclic) bond motifs is 1. The summed E-state index contributed by atoms with van der Waals surface area (Å²) in [6, 6.07) is 4.71. The Morgan fingerprint density at radius 1 is 1.28 bits per heavy atom. The van der Waals surface area contributed by atoms with Gasteiger partial charge in [-0.15, -0.1) is 0 Å². The van der Waals surface area contributed by atoms with Crippen LogP contribution in [0.1, 0.15) is 39.2 Å². The zero-order valence-electron chi connectivity index (χ0n) is 19.7. The third-order valence-electron chi connectivity index (χ3n) is 6.45. The largest absolute Gasteiger partial charge is 0.487 e. The number of likely N-dealkylation sites (N-methyl/N-ethyl adjacent to an activating group) is 1. The van der Waals surface area contributed by atoms with Crippen LogP contribution < -0.4 is 4.74 Å². The summed E-state index contributed by atoms with van der Waals surface area (Å²) in [5.41, 5.74) is 0.894. The van der Waals surface area contributed by atoms with E-state index in [1.165, 1.54) is 4.31 Å². The highest BCUT2D eigenvalue weighted by Crippen LogP contribution is 2.34. The van der Waals surface area contributed by atoms with Gasteiger partial charge in [-0.2, -0.15) is 4.31 Å². The highest BCUT2D eigenvalue weighted by molar-refractivity contribution is 7.89. The van der Waals surface area contributed by atoms with Crippen molar-refractivity contribution in [2.75, 3.05) is 46.5 Å². The maximum atomic E-state index is 13.5. The summed E-state index contributed by atoms with van der Waals surface area (Å²) in [6.07, 6.45) is 5.81. The monoisotopic (exact) mass is 466 g/mol. The minimum Gasteiger partial charge on any atom is -0.487 e. The first kappa shape index (κ1) is 25.2. The van der Waals surface area contributed by atoms with Crippen LogP contribution >= 0.6 is 0 Å². The second-order valence-electron chi connectivity index (χ2n) is 9.22. The Hall–Kier alpha value is -1.45. The van der Waals surface area contributed by atoms with Crippen LogP contribution in [0.3, 0.4) is 0 Å². The quantitative estimate of drug-likeness (QED) is 0.666. The summed E-state index contributed by atoms with van der Waals surface area (Å²) in [7, 11) is -1.69. The van der Waals surface area contributed by atoms with Gasteiger partial charge < -0.3 is 19.5 Å². The molecule has 0 spiro atoms. The molecule has 2 heterocycles. The van der Waals surface area contributed by atoms with Gasteiger partial charge in [-0.3, -0.25) is 0 Å². The van der Waals surface area contributed by atoms with Gasteiger partial charge in [0.2, 0.25) is 10.0 Å². The first-order chi connectivity index (χ1) is 15.3. The number of allylic oxidation sites excluding steroid dienone is 1. The van der Waals surface area contributed by atoms with Crippen LogP contribution in [0.15, 0.2) is 29.2 Å². The molecule has 7 nitrogen and oxygen atoms in total. The fourth-order valence-corrected chi connectivity index (χ4v) is 6.33. The van der Waals surface area contributed by atoms with E-state index in [2.05, 4.69) is 11.9 Å². The molecular weight excluding hydrogens is 428 g/mol. The van der Waals surface area contributed by atoms with Crippen LogP contribution in [0.25, 0.3) is 6.08 Å². The number of sulfonamides is 1. The van der Waals surface area contributed by atoms with Crippen LogP contribution in [0.4, 0.5) is 0 Å². The van der Waals surface area contributed by atoms with Gasteiger partial charge >= 0.3 is 0 Å². The van der Waals surface area contributed by atoms with Crippen molar-refractivity contribution in [2.45, 2.75) is 50.7 Å². The molecule has 0 unspecified atom stereocenters. The minimum absolute atomic E-state index is 0.0468. The van der Waals surface area contributed by atoms with Crippen molar-refractivity contribution >= 4 is 16.1 Å². The van der Waals surface area contributed by atoms with E-state index in [1.807, 2.05) is 26.0 Å². The van der Waals surface area contributed by atoms with Crippen LogP contribution in [-0.4, -0.2) is 81.4 Å². The molecular formula is C24H38N2O5S. The molecule has 8 heteroatoms. The van der Waals surface area contributed by atoms with Crippen molar-refractivity contribution in [1.29, 1.82) is 0 Å². The highest BCUT2D eigenvalue weighted by atomic mass is 32.2. The Bertz CT molecular complexity index is 882. The lowest BCUT2D eigenvalue weighted by Gasteiger charge is -2.38. The molecule has 1 N–H and O–H groups in total. The maximum Gasteiger partial charge on any atom is 0.247 e. The molecule has 1 aromatic carbocycles. The third-order valence-corrected chi connectivity index (χ3v) is 8.47. The predicted octanol–water partition coefficient (Wildman–Crippen LogP) is 2.85. The lowest BCUT2D eigenvalue weighted by atomic mass is 9.98. The molecule has 2 aliphatic heterocycles. The third kappa shape index (κ3) is 5.91. The molecule has 3 atom stereocenters. The zero-order valence-corrected chi connectivity index (χ0v) is 20.6. The van der Waals surface area contributed by atoms with E-state index in [4.69, 9.17) is 9.47 Å². The highest BCUT2D eigenvalue weighted by Gasteiger charge is 2.38. The van der Waals surface area contributed by atoms with Gasteiger partial charge in [0, 0.05) is 44.8 Å². The Morgan fingerprint density at radius 3 is 2.66 bits per heavy atom. The van der Waals surface area contributed by atoms with E-state index in [0.717, 1.165) is 38.2 Å². The van der Waals surface area contributed by atoms with Crippen LogP contribution in [-0.2, 0) is 14.8 Å². The van der Waals surface area contributed by atoms with Crippen molar-refractivity contribution < 1.29 is 23.0 Å². The van der Waals surface area contributed by atoms with Gasteiger partial charge in [0.1, 0.15) is 16.7 Å². The van der Waals surface area contributed by atoms with E-state index in [1.54, 1.807) is 25.1 Å². The number of rotatable bonds is 7. The fraction of sp³-hybridized carbons (Fsp3) is 0.667. The zero-order chi connectivity index (χ0) is 23.3. The SMILES string of the molecule is CC=Cc1ccc2c(c1)O[C@H](CN(C)CC1CCOCC1)[C@H](C)CN([C@@H](C)CO)S2(=O)=O. The van der Waals surface area contributed by atoms with E-state index in [-0.39, 0.29) is 23.5 Å². The van der Waals surface area contributed by atoms with E-state index < -0.39 is 16.1 Å². The molecule has 2 aliphatic rings. The second-order valence-corrected chi connectivity index (χ2v) is 11.1. The molecule has 0 aromatic heterocycles. The van der Waals surface area contributed by atoms with Crippen molar-refractivity contribution in [3.63, 3.8) is 0 Å². The molecule has 32 heavy (non-hydrogen) atoms. The second kappa shape index (κ2) is 11.1. The number of benzene rings is 1. The molecule has 0 bridgehead atoms.